The van der Waals surface area contributed by atoms with Gasteiger partial charge in [-0.15, -0.1) is 0 Å². The summed E-state index contributed by atoms with van der Waals surface area (Å²) in [5.74, 6) is -0.369. The van der Waals surface area contributed by atoms with Gasteiger partial charge in [0.15, 0.2) is 0 Å². The Morgan fingerprint density at radius 3 is 2.68 bits per heavy atom. The van der Waals surface area contributed by atoms with Crippen LogP contribution in [0.5, 0.6) is 0 Å². The molecule has 3 rings (SSSR count). The first-order chi connectivity index (χ1) is 12.0. The first-order valence-corrected chi connectivity index (χ1v) is 8.61. The van der Waals surface area contributed by atoms with Gasteiger partial charge in [-0.2, -0.15) is 5.10 Å². The molecule has 1 aromatic carbocycles. The molecule has 1 aliphatic heterocycles. The van der Waals surface area contributed by atoms with Gasteiger partial charge in [0, 0.05) is 24.9 Å². The number of hydrogen-bond donors (Lipinski definition) is 1. The standard InChI is InChI=1S/C19H24FN3O2/c1-12-16(13(2)23(3)22-12)11-18(24)21-19(17-5-4-10-25-17)14-6-8-15(20)9-7-14/h6-9,17,19H,4-5,10-11H2,1-3H3,(H,21,24)/t17-,19+/m1/s1. The molecule has 1 aromatic heterocycles. The van der Waals surface area contributed by atoms with Gasteiger partial charge in [0.2, 0.25) is 5.91 Å². The number of nitrogens with zero attached hydrogens (tertiary/aromatic N) is 2. The molecule has 1 amide bonds. The smallest absolute Gasteiger partial charge is 0.225 e. The Labute approximate surface area is 147 Å². The lowest BCUT2D eigenvalue weighted by Crippen LogP contribution is -2.37. The fourth-order valence-electron chi connectivity index (χ4n) is 3.38. The minimum Gasteiger partial charge on any atom is -0.376 e. The molecule has 2 aromatic rings. The number of aryl methyl sites for hydroxylation is 2. The summed E-state index contributed by atoms with van der Waals surface area (Å²) in [4.78, 5) is 12.7. The summed E-state index contributed by atoms with van der Waals surface area (Å²) < 4.78 is 20.8. The SMILES string of the molecule is Cc1nn(C)c(C)c1CC(=O)N[C@@H](c1ccc(F)cc1)[C@H]1CCCO1. The molecule has 134 valence electrons. The van der Waals surface area contributed by atoms with Crippen molar-refractivity contribution >= 4 is 5.91 Å². The van der Waals surface area contributed by atoms with Crippen LogP contribution in [0.25, 0.3) is 0 Å². The van der Waals surface area contributed by atoms with Gasteiger partial charge in [-0.3, -0.25) is 9.48 Å². The number of amides is 1. The molecule has 0 spiro atoms. The van der Waals surface area contributed by atoms with E-state index < -0.39 is 0 Å². The van der Waals surface area contributed by atoms with Crippen molar-refractivity contribution in [3.63, 3.8) is 0 Å². The van der Waals surface area contributed by atoms with E-state index in [-0.39, 0.29) is 30.3 Å². The number of carbonyl (C=O) groups is 1. The molecular weight excluding hydrogens is 321 g/mol. The first-order valence-electron chi connectivity index (χ1n) is 8.61. The Kier molecular flexibility index (Phi) is 5.18. The molecule has 6 heteroatoms. The quantitative estimate of drug-likeness (QED) is 0.907. The summed E-state index contributed by atoms with van der Waals surface area (Å²) in [6.07, 6.45) is 2.05. The molecule has 1 fully saturated rings. The van der Waals surface area contributed by atoms with Gasteiger partial charge in [-0.25, -0.2) is 4.39 Å². The predicted molar refractivity (Wildman–Crippen MR) is 92.6 cm³/mol. The number of ether oxygens (including phenoxy) is 1. The van der Waals surface area contributed by atoms with Gasteiger partial charge < -0.3 is 10.1 Å². The third-order valence-corrected chi connectivity index (χ3v) is 4.88. The van der Waals surface area contributed by atoms with Crippen molar-refractivity contribution in [2.45, 2.75) is 45.3 Å². The predicted octanol–water partition coefficient (Wildman–Crippen LogP) is 2.76. The molecule has 0 aliphatic carbocycles. The van der Waals surface area contributed by atoms with Gasteiger partial charge in [0.1, 0.15) is 5.82 Å². The largest absolute Gasteiger partial charge is 0.376 e. The molecule has 2 atom stereocenters. The van der Waals surface area contributed by atoms with E-state index in [1.54, 1.807) is 16.8 Å². The van der Waals surface area contributed by atoms with E-state index in [1.165, 1.54) is 12.1 Å². The number of rotatable bonds is 5. The second-order valence-corrected chi connectivity index (χ2v) is 6.60. The number of carbonyl (C=O) groups excluding carboxylic acids is 1. The molecule has 2 heterocycles. The fourth-order valence-corrected chi connectivity index (χ4v) is 3.38. The van der Waals surface area contributed by atoms with Crippen LogP contribution in [0, 0.1) is 19.7 Å². The van der Waals surface area contributed by atoms with Gasteiger partial charge in [-0.05, 0) is 44.4 Å². The highest BCUT2D eigenvalue weighted by atomic mass is 19.1. The van der Waals surface area contributed by atoms with E-state index in [9.17, 15) is 9.18 Å². The summed E-state index contributed by atoms with van der Waals surface area (Å²) in [7, 11) is 1.87. The summed E-state index contributed by atoms with van der Waals surface area (Å²) in [5, 5.41) is 7.44. The van der Waals surface area contributed by atoms with Crippen molar-refractivity contribution in [1.29, 1.82) is 0 Å². The second kappa shape index (κ2) is 7.35. The molecule has 25 heavy (non-hydrogen) atoms. The summed E-state index contributed by atoms with van der Waals surface area (Å²) in [5.41, 5.74) is 3.67. The Hall–Kier alpha value is -2.21. The maximum atomic E-state index is 13.2. The highest BCUT2D eigenvalue weighted by Crippen LogP contribution is 2.27. The molecule has 0 unspecified atom stereocenters. The van der Waals surface area contributed by atoms with Crippen molar-refractivity contribution in [1.82, 2.24) is 15.1 Å². The Morgan fingerprint density at radius 1 is 1.40 bits per heavy atom. The number of nitrogens with one attached hydrogen (secondary N) is 1. The van der Waals surface area contributed by atoms with Gasteiger partial charge in [0.25, 0.3) is 0 Å². The zero-order chi connectivity index (χ0) is 18.0. The maximum absolute atomic E-state index is 13.2. The number of halogens is 1. The van der Waals surface area contributed by atoms with E-state index in [0.717, 1.165) is 35.4 Å². The third-order valence-electron chi connectivity index (χ3n) is 4.88. The molecule has 5 nitrogen and oxygen atoms in total. The topological polar surface area (TPSA) is 56.2 Å². The zero-order valence-electron chi connectivity index (χ0n) is 14.9. The maximum Gasteiger partial charge on any atom is 0.225 e. The molecule has 1 saturated heterocycles. The van der Waals surface area contributed by atoms with Crippen molar-refractivity contribution in [3.8, 4) is 0 Å². The molecular formula is C19H24FN3O2. The number of benzene rings is 1. The van der Waals surface area contributed by atoms with Crippen LogP contribution in [0.4, 0.5) is 4.39 Å². The normalized spacial score (nSPS) is 18.3. The summed E-state index contributed by atoms with van der Waals surface area (Å²) >= 11 is 0. The summed E-state index contributed by atoms with van der Waals surface area (Å²) in [6.45, 7) is 4.56. The van der Waals surface area contributed by atoms with Crippen molar-refractivity contribution in [2.24, 2.45) is 7.05 Å². The van der Waals surface area contributed by atoms with Crippen LogP contribution in [0.1, 0.15) is 41.4 Å². The Balaban J connectivity index is 1.77. The van der Waals surface area contributed by atoms with Crippen molar-refractivity contribution in [3.05, 3.63) is 52.6 Å². The van der Waals surface area contributed by atoms with Crippen molar-refractivity contribution in [2.75, 3.05) is 6.61 Å². The van der Waals surface area contributed by atoms with Gasteiger partial charge >= 0.3 is 0 Å². The van der Waals surface area contributed by atoms with E-state index in [2.05, 4.69) is 10.4 Å². The lowest BCUT2D eigenvalue weighted by Gasteiger charge is -2.25. The van der Waals surface area contributed by atoms with Crippen LogP contribution in [0.15, 0.2) is 24.3 Å². The minimum atomic E-state index is -0.289. The first kappa shape index (κ1) is 17.6. The van der Waals surface area contributed by atoms with Crippen molar-refractivity contribution < 1.29 is 13.9 Å². The lowest BCUT2D eigenvalue weighted by molar-refractivity contribution is -0.122. The minimum absolute atomic E-state index is 0.0782. The van der Waals surface area contributed by atoms with Crippen LogP contribution in [0.2, 0.25) is 0 Å². The highest BCUT2D eigenvalue weighted by Gasteiger charge is 2.29. The average Bonchev–Trinajstić information content (AvgIpc) is 3.19. The van der Waals surface area contributed by atoms with Crippen LogP contribution >= 0.6 is 0 Å². The zero-order valence-corrected chi connectivity index (χ0v) is 14.9. The molecule has 1 N–H and O–H groups in total. The monoisotopic (exact) mass is 345 g/mol. The van der Waals surface area contributed by atoms with Crippen LogP contribution < -0.4 is 5.32 Å². The third kappa shape index (κ3) is 3.90. The molecule has 0 bridgehead atoms. The van der Waals surface area contributed by atoms with E-state index in [0.29, 0.717) is 6.61 Å². The van der Waals surface area contributed by atoms with Gasteiger partial charge in [0.05, 0.1) is 24.3 Å². The van der Waals surface area contributed by atoms with E-state index >= 15 is 0 Å². The van der Waals surface area contributed by atoms with E-state index in [1.807, 2.05) is 20.9 Å². The van der Waals surface area contributed by atoms with Crippen LogP contribution in [-0.4, -0.2) is 28.4 Å². The fraction of sp³-hybridized carbons (Fsp3) is 0.474. The molecule has 0 radical (unpaired) electrons. The lowest BCUT2D eigenvalue weighted by atomic mass is 9.98. The molecule has 0 saturated carbocycles. The Bertz CT molecular complexity index is 749. The van der Waals surface area contributed by atoms with E-state index in [4.69, 9.17) is 4.74 Å². The average molecular weight is 345 g/mol. The second-order valence-electron chi connectivity index (χ2n) is 6.60. The van der Waals surface area contributed by atoms with Crippen LogP contribution in [-0.2, 0) is 23.0 Å². The Morgan fingerprint density at radius 2 is 2.12 bits per heavy atom. The molecule has 1 aliphatic rings. The number of hydrogen-bond acceptors (Lipinski definition) is 3. The van der Waals surface area contributed by atoms with Gasteiger partial charge in [-0.1, -0.05) is 12.1 Å². The van der Waals surface area contributed by atoms with Crippen LogP contribution in [0.3, 0.4) is 0 Å². The summed E-state index contributed by atoms with van der Waals surface area (Å²) in [6, 6.07) is 5.98. The number of aromatic nitrogens is 2. The highest BCUT2D eigenvalue weighted by molar-refractivity contribution is 5.79.